The number of hydrogen-bond acceptors (Lipinski definition) is 7. The molecule has 134 valence electrons. The fraction of sp³-hybridized carbons (Fsp3) is 0.176. The van der Waals surface area contributed by atoms with E-state index in [0.717, 1.165) is 11.8 Å². The molecule has 0 aliphatic heterocycles. The number of halogens is 1. The Morgan fingerprint density at radius 3 is 2.77 bits per heavy atom. The molecule has 0 saturated carbocycles. The van der Waals surface area contributed by atoms with E-state index in [1.807, 2.05) is 0 Å². The highest BCUT2D eigenvalue weighted by Gasteiger charge is 2.17. The first-order valence-corrected chi connectivity index (χ1v) is 8.53. The molecule has 3 rings (SSSR count). The standard InChI is InChI=1S/C17H15FN4O3S/c1-24-13-6-7-16(25-2)14(9-13)15(23)10-26-17-19-20-21-22(17)12-5-3-4-11(18)8-12/h3-9H,10H2,1-2H3. The SMILES string of the molecule is COc1ccc(OC)c(C(=O)CSc2nnnn2-c2cccc(F)c2)c1. The van der Waals surface area contributed by atoms with Crippen molar-refractivity contribution in [1.82, 2.24) is 20.2 Å². The number of Topliss-reactive ketones (excluding diaryl/α,β-unsaturated/α-hetero) is 1. The number of nitrogens with zero attached hydrogens (tertiary/aromatic N) is 4. The van der Waals surface area contributed by atoms with Gasteiger partial charge < -0.3 is 9.47 Å². The summed E-state index contributed by atoms with van der Waals surface area (Å²) in [5, 5.41) is 11.7. The van der Waals surface area contributed by atoms with Gasteiger partial charge in [0.2, 0.25) is 5.16 Å². The number of hydrogen-bond donors (Lipinski definition) is 0. The molecule has 2 aromatic carbocycles. The van der Waals surface area contributed by atoms with Crippen LogP contribution >= 0.6 is 11.8 Å². The van der Waals surface area contributed by atoms with Gasteiger partial charge in [0.15, 0.2) is 5.78 Å². The third-order valence-corrected chi connectivity index (χ3v) is 4.45. The lowest BCUT2D eigenvalue weighted by Gasteiger charge is -2.09. The van der Waals surface area contributed by atoms with Crippen molar-refractivity contribution in [1.29, 1.82) is 0 Å². The summed E-state index contributed by atoms with van der Waals surface area (Å²) >= 11 is 1.15. The molecule has 0 unspecified atom stereocenters. The summed E-state index contributed by atoms with van der Waals surface area (Å²) in [7, 11) is 3.02. The van der Waals surface area contributed by atoms with Crippen molar-refractivity contribution in [3.63, 3.8) is 0 Å². The summed E-state index contributed by atoms with van der Waals surface area (Å²) in [6, 6.07) is 10.9. The average Bonchev–Trinajstić information content (AvgIpc) is 3.14. The quantitative estimate of drug-likeness (QED) is 0.465. The summed E-state index contributed by atoms with van der Waals surface area (Å²) in [5.41, 5.74) is 0.882. The van der Waals surface area contributed by atoms with Crippen LogP contribution in [0.15, 0.2) is 47.6 Å². The van der Waals surface area contributed by atoms with Crippen molar-refractivity contribution in [3.05, 3.63) is 53.8 Å². The zero-order valence-corrected chi connectivity index (χ0v) is 14.9. The Bertz CT molecular complexity index is 932. The molecule has 0 radical (unpaired) electrons. The average molecular weight is 374 g/mol. The van der Waals surface area contributed by atoms with Gasteiger partial charge in [0, 0.05) is 0 Å². The van der Waals surface area contributed by atoms with Crippen LogP contribution in [0.25, 0.3) is 5.69 Å². The minimum Gasteiger partial charge on any atom is -0.497 e. The minimum atomic E-state index is -0.397. The normalized spacial score (nSPS) is 10.6. The highest BCUT2D eigenvalue weighted by molar-refractivity contribution is 7.99. The third kappa shape index (κ3) is 3.83. The van der Waals surface area contributed by atoms with Crippen LogP contribution in [0.5, 0.6) is 11.5 Å². The summed E-state index contributed by atoms with van der Waals surface area (Å²) in [5.74, 6) is 0.537. The maximum Gasteiger partial charge on any atom is 0.214 e. The first kappa shape index (κ1) is 17.9. The zero-order chi connectivity index (χ0) is 18.5. The number of thioether (sulfide) groups is 1. The Balaban J connectivity index is 1.78. The van der Waals surface area contributed by atoms with Gasteiger partial charge >= 0.3 is 0 Å². The van der Waals surface area contributed by atoms with Crippen molar-refractivity contribution in [2.75, 3.05) is 20.0 Å². The Hall–Kier alpha value is -2.94. The number of carbonyl (C=O) groups is 1. The number of methoxy groups -OCH3 is 2. The zero-order valence-electron chi connectivity index (χ0n) is 14.0. The van der Waals surface area contributed by atoms with Gasteiger partial charge in [0.1, 0.15) is 17.3 Å². The van der Waals surface area contributed by atoms with Gasteiger partial charge in [-0.1, -0.05) is 17.8 Å². The van der Waals surface area contributed by atoms with Gasteiger partial charge in [-0.15, -0.1) is 5.10 Å². The van der Waals surface area contributed by atoms with E-state index < -0.39 is 5.82 Å². The maximum atomic E-state index is 13.4. The summed E-state index contributed by atoms with van der Waals surface area (Å²) in [6.45, 7) is 0. The molecular weight excluding hydrogens is 359 g/mol. The van der Waals surface area contributed by atoms with Crippen LogP contribution in [0, 0.1) is 5.82 Å². The van der Waals surface area contributed by atoms with Crippen LogP contribution in [0.2, 0.25) is 0 Å². The fourth-order valence-corrected chi connectivity index (χ4v) is 3.05. The molecular formula is C17H15FN4O3S. The largest absolute Gasteiger partial charge is 0.497 e. The molecule has 9 heteroatoms. The van der Waals surface area contributed by atoms with Crippen molar-refractivity contribution in [2.24, 2.45) is 0 Å². The lowest BCUT2D eigenvalue weighted by atomic mass is 10.1. The molecule has 0 atom stereocenters. The molecule has 0 saturated heterocycles. The first-order chi connectivity index (χ1) is 12.6. The van der Waals surface area contributed by atoms with Crippen LogP contribution < -0.4 is 9.47 Å². The smallest absolute Gasteiger partial charge is 0.214 e. The molecule has 7 nitrogen and oxygen atoms in total. The Morgan fingerprint density at radius 1 is 1.19 bits per heavy atom. The lowest BCUT2D eigenvalue weighted by molar-refractivity contribution is 0.101. The molecule has 0 aliphatic rings. The molecule has 3 aromatic rings. The number of benzene rings is 2. The second kappa shape index (κ2) is 7.96. The van der Waals surface area contributed by atoms with Crippen molar-refractivity contribution >= 4 is 17.5 Å². The van der Waals surface area contributed by atoms with Crippen LogP contribution in [-0.2, 0) is 0 Å². The Kier molecular flexibility index (Phi) is 5.47. The van der Waals surface area contributed by atoms with Crippen LogP contribution in [0.1, 0.15) is 10.4 Å². The molecule has 0 bridgehead atoms. The molecule has 0 fully saturated rings. The van der Waals surface area contributed by atoms with Crippen molar-refractivity contribution in [2.45, 2.75) is 5.16 Å². The van der Waals surface area contributed by atoms with Gasteiger partial charge in [0.05, 0.1) is 31.2 Å². The first-order valence-electron chi connectivity index (χ1n) is 7.54. The van der Waals surface area contributed by atoms with Crippen molar-refractivity contribution < 1.29 is 18.7 Å². The fourth-order valence-electron chi connectivity index (χ4n) is 2.28. The molecule has 0 N–H and O–H groups in total. The third-order valence-electron chi connectivity index (χ3n) is 3.53. The van der Waals surface area contributed by atoms with Gasteiger partial charge in [-0.2, -0.15) is 4.68 Å². The van der Waals surface area contributed by atoms with E-state index >= 15 is 0 Å². The van der Waals surface area contributed by atoms with Gasteiger partial charge in [-0.3, -0.25) is 4.79 Å². The van der Waals surface area contributed by atoms with Crippen LogP contribution in [0.4, 0.5) is 4.39 Å². The molecule has 1 heterocycles. The number of rotatable bonds is 7. The molecule has 26 heavy (non-hydrogen) atoms. The monoisotopic (exact) mass is 374 g/mol. The summed E-state index contributed by atoms with van der Waals surface area (Å²) < 4.78 is 25.2. The van der Waals surface area contributed by atoms with Gasteiger partial charge in [0.25, 0.3) is 0 Å². The predicted molar refractivity (Wildman–Crippen MR) is 93.7 cm³/mol. The highest BCUT2D eigenvalue weighted by atomic mass is 32.2. The summed E-state index contributed by atoms with van der Waals surface area (Å²) in [4.78, 5) is 12.6. The Labute approximate surface area is 153 Å². The number of aromatic nitrogens is 4. The van der Waals surface area contributed by atoms with E-state index in [4.69, 9.17) is 9.47 Å². The molecule has 0 aliphatic carbocycles. The topological polar surface area (TPSA) is 79.1 Å². The van der Waals surface area contributed by atoms with Gasteiger partial charge in [-0.25, -0.2) is 4.39 Å². The van der Waals surface area contributed by atoms with E-state index in [0.29, 0.717) is 27.9 Å². The molecule has 0 amide bonds. The van der Waals surface area contributed by atoms with Crippen LogP contribution in [0.3, 0.4) is 0 Å². The minimum absolute atomic E-state index is 0.0826. The van der Waals surface area contributed by atoms with Crippen LogP contribution in [-0.4, -0.2) is 46.0 Å². The van der Waals surface area contributed by atoms with E-state index in [9.17, 15) is 9.18 Å². The highest BCUT2D eigenvalue weighted by Crippen LogP contribution is 2.27. The lowest BCUT2D eigenvalue weighted by Crippen LogP contribution is -2.07. The second-order valence-corrected chi connectivity index (χ2v) is 6.07. The number of carbonyl (C=O) groups excluding carboxylic acids is 1. The molecule has 1 aromatic heterocycles. The van der Waals surface area contributed by atoms with E-state index in [1.165, 1.54) is 31.0 Å². The van der Waals surface area contributed by atoms with E-state index in [1.54, 1.807) is 30.3 Å². The van der Waals surface area contributed by atoms with E-state index in [-0.39, 0.29) is 11.5 Å². The number of ketones is 1. The number of tetrazole rings is 1. The number of ether oxygens (including phenoxy) is 2. The van der Waals surface area contributed by atoms with E-state index in [2.05, 4.69) is 15.5 Å². The Morgan fingerprint density at radius 2 is 2.04 bits per heavy atom. The second-order valence-electron chi connectivity index (χ2n) is 5.13. The molecule has 0 spiro atoms. The summed E-state index contributed by atoms with van der Waals surface area (Å²) in [6.07, 6.45) is 0. The predicted octanol–water partition coefficient (Wildman–Crippen LogP) is 2.79. The maximum absolute atomic E-state index is 13.4. The van der Waals surface area contributed by atoms with Gasteiger partial charge in [-0.05, 0) is 46.8 Å². The van der Waals surface area contributed by atoms with Crippen molar-refractivity contribution in [3.8, 4) is 17.2 Å².